The number of benzene rings is 1. The van der Waals surface area contributed by atoms with Gasteiger partial charge in [-0.05, 0) is 50.2 Å². The van der Waals surface area contributed by atoms with E-state index in [4.69, 9.17) is 4.74 Å². The van der Waals surface area contributed by atoms with Crippen molar-refractivity contribution in [2.24, 2.45) is 11.8 Å². The molecule has 0 radical (unpaired) electrons. The van der Waals surface area contributed by atoms with Crippen molar-refractivity contribution in [1.82, 2.24) is 9.97 Å². The number of anilines is 1. The molecule has 2 aliphatic carbocycles. The topological polar surface area (TPSA) is 89.5 Å². The molecule has 4 atom stereocenters. The van der Waals surface area contributed by atoms with E-state index in [0.29, 0.717) is 24.6 Å². The highest BCUT2D eigenvalue weighted by Crippen LogP contribution is 2.34. The minimum absolute atomic E-state index is 0.0585. The Kier molecular flexibility index (Phi) is 6.46. The van der Waals surface area contributed by atoms with Crippen LogP contribution < -0.4 is 9.64 Å². The number of Topliss-reactive ketones (excluding diaryl/α,β-unsaturated/α-hetero) is 1. The van der Waals surface area contributed by atoms with E-state index >= 15 is 0 Å². The van der Waals surface area contributed by atoms with Crippen molar-refractivity contribution in [2.45, 2.75) is 56.3 Å². The molecule has 0 bridgehead atoms. The number of carbonyl (C=O) groups is 2. The molecule has 1 amide bonds. The lowest BCUT2D eigenvalue weighted by molar-refractivity contribution is -0.122. The highest BCUT2D eigenvalue weighted by Gasteiger charge is 2.36. The van der Waals surface area contributed by atoms with E-state index in [1.807, 2.05) is 0 Å². The predicted molar refractivity (Wildman–Crippen MR) is 126 cm³/mol. The number of nitrogens with zero attached hydrogens (tertiary/aromatic N) is 3. The van der Waals surface area contributed by atoms with Gasteiger partial charge in [0.25, 0.3) is 5.91 Å². The molecular weight excluding hydrogens is 457 g/mol. The van der Waals surface area contributed by atoms with Crippen LogP contribution in [0.5, 0.6) is 5.75 Å². The lowest BCUT2D eigenvalue weighted by Crippen LogP contribution is -2.32. The summed E-state index contributed by atoms with van der Waals surface area (Å²) >= 11 is 0. The maximum atomic E-state index is 14.4. The lowest BCUT2D eigenvalue weighted by Gasteiger charge is -2.17. The molecule has 2 heterocycles. The second kappa shape index (κ2) is 9.52. The fourth-order valence-electron chi connectivity index (χ4n) is 4.89. The molecule has 7 nitrogen and oxygen atoms in total. The number of hydrogen-bond donors (Lipinski definition) is 0. The van der Waals surface area contributed by atoms with Crippen molar-refractivity contribution in [2.75, 3.05) is 17.7 Å². The highest BCUT2D eigenvalue weighted by atomic mass is 32.2. The van der Waals surface area contributed by atoms with Gasteiger partial charge in [0.2, 0.25) is 0 Å². The van der Waals surface area contributed by atoms with Crippen LogP contribution in [0.15, 0.2) is 30.6 Å². The van der Waals surface area contributed by atoms with Crippen molar-refractivity contribution in [3.8, 4) is 5.75 Å². The van der Waals surface area contributed by atoms with Gasteiger partial charge in [-0.25, -0.2) is 14.4 Å². The SMILES string of the molecule is CS(=O)C1CCC(Cc2ncc(N3CC[C@@H](Oc4ccc(C(=O)C5CC5)c(F)c4)C3=O)cn2)C1. The molecule has 0 spiro atoms. The number of amides is 1. The first kappa shape index (κ1) is 23.1. The molecular formula is C25H28FN3O4S. The fraction of sp³-hybridized carbons (Fsp3) is 0.520. The molecule has 5 rings (SSSR count). The van der Waals surface area contributed by atoms with Gasteiger partial charge < -0.3 is 9.64 Å². The zero-order chi connectivity index (χ0) is 23.8. The standard InChI is InChI=1S/C25H28FN3O4S/c1-34(32)19-6-2-15(10-19)11-23-27-13-17(14-28-23)29-9-8-22(25(29)31)33-18-5-7-20(21(26)12-18)24(30)16-3-4-16/h5,7,12-16,19,22H,2-4,6,8-11H2,1H3/t15?,19?,22-,34?/m1/s1. The number of ketones is 1. The van der Waals surface area contributed by atoms with Gasteiger partial charge in [0, 0.05) is 53.7 Å². The Morgan fingerprint density at radius 2 is 1.94 bits per heavy atom. The van der Waals surface area contributed by atoms with E-state index in [1.165, 1.54) is 12.1 Å². The van der Waals surface area contributed by atoms with Crippen molar-refractivity contribution in [3.63, 3.8) is 0 Å². The number of carbonyl (C=O) groups excluding carboxylic acids is 2. The maximum Gasteiger partial charge on any atom is 0.268 e. The van der Waals surface area contributed by atoms with Crippen LogP contribution in [0.1, 0.15) is 54.7 Å². The van der Waals surface area contributed by atoms with Crippen LogP contribution in [0.25, 0.3) is 0 Å². The summed E-state index contributed by atoms with van der Waals surface area (Å²) in [5, 5.41) is 0.270. The third-order valence-corrected chi connectivity index (χ3v) is 8.39. The zero-order valence-corrected chi connectivity index (χ0v) is 19.9. The Morgan fingerprint density at radius 1 is 1.18 bits per heavy atom. The van der Waals surface area contributed by atoms with Crippen molar-refractivity contribution in [3.05, 3.63) is 47.8 Å². The number of hydrogen-bond acceptors (Lipinski definition) is 6. The van der Waals surface area contributed by atoms with Gasteiger partial charge in [-0.2, -0.15) is 0 Å². The summed E-state index contributed by atoms with van der Waals surface area (Å²) in [7, 11) is -0.784. The Bertz CT molecular complexity index is 1120. The summed E-state index contributed by atoms with van der Waals surface area (Å²) in [6.45, 7) is 0.458. The summed E-state index contributed by atoms with van der Waals surface area (Å²) < 4.78 is 31.9. The largest absolute Gasteiger partial charge is 0.480 e. The van der Waals surface area contributed by atoms with E-state index < -0.39 is 22.7 Å². The van der Waals surface area contributed by atoms with Crippen LogP contribution in [0.4, 0.5) is 10.1 Å². The average Bonchev–Trinajstić information content (AvgIpc) is 3.47. The summed E-state index contributed by atoms with van der Waals surface area (Å²) in [6, 6.07) is 4.18. The number of halogens is 1. The van der Waals surface area contributed by atoms with Crippen LogP contribution in [-0.4, -0.2) is 50.0 Å². The third-order valence-electron chi connectivity index (χ3n) is 7.03. The molecule has 0 N–H and O–H groups in total. The van der Waals surface area contributed by atoms with E-state index in [-0.39, 0.29) is 34.2 Å². The zero-order valence-electron chi connectivity index (χ0n) is 19.1. The highest BCUT2D eigenvalue weighted by molar-refractivity contribution is 7.84. The molecule has 1 aromatic heterocycles. The molecule has 34 heavy (non-hydrogen) atoms. The molecule has 180 valence electrons. The Balaban J connectivity index is 1.18. The molecule has 2 saturated carbocycles. The molecule has 1 aromatic carbocycles. The van der Waals surface area contributed by atoms with Gasteiger partial charge in [0.15, 0.2) is 11.9 Å². The van der Waals surface area contributed by atoms with Crippen LogP contribution in [0, 0.1) is 17.7 Å². The molecule has 2 aromatic rings. The average molecular weight is 486 g/mol. The van der Waals surface area contributed by atoms with Gasteiger partial charge in [-0.1, -0.05) is 0 Å². The number of ether oxygens (including phenoxy) is 1. The Hall–Kier alpha value is -2.68. The van der Waals surface area contributed by atoms with E-state index in [0.717, 1.165) is 44.3 Å². The number of rotatable bonds is 8. The van der Waals surface area contributed by atoms with Crippen molar-refractivity contribution >= 4 is 28.2 Å². The fourth-order valence-corrected chi connectivity index (χ4v) is 5.90. The first-order valence-electron chi connectivity index (χ1n) is 11.8. The van der Waals surface area contributed by atoms with Crippen molar-refractivity contribution in [1.29, 1.82) is 0 Å². The monoisotopic (exact) mass is 485 g/mol. The Labute approximate surface area is 200 Å². The second-order valence-electron chi connectivity index (χ2n) is 9.53. The van der Waals surface area contributed by atoms with Gasteiger partial charge in [0.05, 0.1) is 23.6 Å². The molecule has 3 aliphatic rings. The van der Waals surface area contributed by atoms with Crippen LogP contribution in [0.2, 0.25) is 0 Å². The molecule has 1 aliphatic heterocycles. The summed E-state index contributed by atoms with van der Waals surface area (Å²) in [6.07, 6.45) is 10.2. The van der Waals surface area contributed by atoms with Crippen LogP contribution in [-0.2, 0) is 22.0 Å². The summed E-state index contributed by atoms with van der Waals surface area (Å²) in [5.74, 6) is 0.350. The minimum atomic E-state index is -0.784. The molecule has 3 fully saturated rings. The lowest BCUT2D eigenvalue weighted by atomic mass is 10.0. The molecule has 1 saturated heterocycles. The molecule has 9 heteroatoms. The van der Waals surface area contributed by atoms with Gasteiger partial charge in [-0.15, -0.1) is 0 Å². The first-order chi connectivity index (χ1) is 16.4. The van der Waals surface area contributed by atoms with E-state index in [2.05, 4.69) is 9.97 Å². The Morgan fingerprint density at radius 3 is 2.59 bits per heavy atom. The quantitative estimate of drug-likeness (QED) is 0.532. The van der Waals surface area contributed by atoms with Gasteiger partial charge in [0.1, 0.15) is 17.4 Å². The number of aromatic nitrogens is 2. The third kappa shape index (κ3) is 4.89. The molecule has 3 unspecified atom stereocenters. The van der Waals surface area contributed by atoms with Gasteiger partial charge in [-0.3, -0.25) is 13.8 Å². The smallest absolute Gasteiger partial charge is 0.268 e. The van der Waals surface area contributed by atoms with Crippen LogP contribution in [0.3, 0.4) is 0 Å². The van der Waals surface area contributed by atoms with E-state index in [9.17, 15) is 18.2 Å². The summed E-state index contributed by atoms with van der Waals surface area (Å²) in [5.41, 5.74) is 0.693. The van der Waals surface area contributed by atoms with Crippen LogP contribution >= 0.6 is 0 Å². The maximum absolute atomic E-state index is 14.4. The normalized spacial score (nSPS) is 25.5. The minimum Gasteiger partial charge on any atom is -0.480 e. The van der Waals surface area contributed by atoms with Gasteiger partial charge >= 0.3 is 0 Å². The van der Waals surface area contributed by atoms with Crippen molar-refractivity contribution < 1.29 is 22.9 Å². The van der Waals surface area contributed by atoms with E-state index in [1.54, 1.807) is 29.6 Å². The predicted octanol–water partition coefficient (Wildman–Crippen LogP) is 3.48. The first-order valence-corrected chi connectivity index (χ1v) is 13.5. The summed E-state index contributed by atoms with van der Waals surface area (Å²) in [4.78, 5) is 35.5. The second-order valence-corrected chi connectivity index (χ2v) is 11.2.